The molecule has 3 aromatic heterocycles. The van der Waals surface area contributed by atoms with Gasteiger partial charge in [-0.15, -0.1) is 11.3 Å². The molecule has 4 N–H and O–H groups in total. The van der Waals surface area contributed by atoms with Crippen LogP contribution in [0.15, 0.2) is 77.0 Å². The van der Waals surface area contributed by atoms with Crippen LogP contribution >= 0.6 is 11.3 Å². The summed E-state index contributed by atoms with van der Waals surface area (Å²) in [6.45, 7) is -0.419. The Hall–Kier alpha value is -4.35. The summed E-state index contributed by atoms with van der Waals surface area (Å²) in [7, 11) is 0. The first-order chi connectivity index (χ1) is 24.5. The monoisotopic (exact) mass is 728 g/mol. The SMILES string of the molecule is O=C(N[C@H]1c2ccccc2OC[C@H]1O)C(Cc1cccs1)C[C@H](O)CN1CCN(Cc2ccc(-c3cncnc3)o2)C[C@H]1C(=O)NCC(F)(F)F. The number of β-amino-alcohol motifs (C(OH)–C–C–N with tert-alkyl or cyclic N) is 1. The molecule has 1 aromatic carbocycles. The lowest BCUT2D eigenvalue weighted by Gasteiger charge is -2.41. The summed E-state index contributed by atoms with van der Waals surface area (Å²) in [6.07, 6.45) is -1.71. The van der Waals surface area contributed by atoms with Gasteiger partial charge in [-0.05, 0) is 42.5 Å². The minimum Gasteiger partial charge on any atom is -0.490 e. The van der Waals surface area contributed by atoms with Crippen molar-refractivity contribution in [3.63, 3.8) is 0 Å². The number of fused-ring (bicyclic) bond motifs is 1. The van der Waals surface area contributed by atoms with Gasteiger partial charge in [0.05, 0.1) is 24.3 Å². The number of hydrogen-bond acceptors (Lipinski definition) is 11. The Morgan fingerprint density at radius 3 is 2.65 bits per heavy atom. The predicted octanol–water partition coefficient (Wildman–Crippen LogP) is 3.18. The molecule has 4 aromatic rings. The number of aliphatic hydroxyl groups is 2. The molecular weight excluding hydrogens is 689 g/mol. The van der Waals surface area contributed by atoms with Gasteiger partial charge in [0.15, 0.2) is 0 Å². The summed E-state index contributed by atoms with van der Waals surface area (Å²) in [5, 5.41) is 29.0. The number of furan rings is 1. The Balaban J connectivity index is 1.13. The third kappa shape index (κ3) is 9.71. The first-order valence-corrected chi connectivity index (χ1v) is 17.5. The topological polar surface area (TPSA) is 153 Å². The normalized spacial score (nSPS) is 20.9. The van der Waals surface area contributed by atoms with Gasteiger partial charge >= 0.3 is 6.18 Å². The van der Waals surface area contributed by atoms with Crippen molar-refractivity contribution in [1.29, 1.82) is 0 Å². The smallest absolute Gasteiger partial charge is 0.405 e. The molecule has 0 saturated carbocycles. The highest BCUT2D eigenvalue weighted by Gasteiger charge is 2.38. The predicted molar refractivity (Wildman–Crippen MR) is 180 cm³/mol. The number of aliphatic hydroxyl groups excluding tert-OH is 2. The van der Waals surface area contributed by atoms with Crippen LogP contribution in [0.4, 0.5) is 13.2 Å². The molecule has 2 aliphatic rings. The largest absolute Gasteiger partial charge is 0.490 e. The van der Waals surface area contributed by atoms with E-state index in [-0.39, 0.29) is 38.6 Å². The van der Waals surface area contributed by atoms with Crippen molar-refractivity contribution in [3.8, 4) is 17.1 Å². The quantitative estimate of drug-likeness (QED) is 0.162. The van der Waals surface area contributed by atoms with E-state index in [0.717, 1.165) is 4.88 Å². The lowest BCUT2D eigenvalue weighted by atomic mass is 9.93. The van der Waals surface area contributed by atoms with Crippen molar-refractivity contribution in [2.45, 2.75) is 49.9 Å². The van der Waals surface area contributed by atoms with Crippen molar-refractivity contribution in [1.82, 2.24) is 30.4 Å². The van der Waals surface area contributed by atoms with Crippen LogP contribution in [0, 0.1) is 5.92 Å². The minimum atomic E-state index is -4.60. The number of benzene rings is 1. The molecule has 0 radical (unpaired) electrons. The maximum atomic E-state index is 13.8. The van der Waals surface area contributed by atoms with Crippen LogP contribution in [0.25, 0.3) is 11.3 Å². The van der Waals surface area contributed by atoms with E-state index in [1.165, 1.54) is 17.7 Å². The highest BCUT2D eigenvalue weighted by Crippen LogP contribution is 2.33. The molecule has 16 heteroatoms. The lowest BCUT2D eigenvalue weighted by molar-refractivity contribution is -0.143. The third-order valence-electron chi connectivity index (χ3n) is 8.97. The van der Waals surface area contributed by atoms with Gasteiger partial charge < -0.3 is 30.0 Å². The highest BCUT2D eigenvalue weighted by molar-refractivity contribution is 7.09. The van der Waals surface area contributed by atoms with E-state index < -0.39 is 48.8 Å². The summed E-state index contributed by atoms with van der Waals surface area (Å²) >= 11 is 1.47. The molecule has 1 fully saturated rings. The molecule has 12 nitrogen and oxygen atoms in total. The number of para-hydroxylation sites is 1. The summed E-state index contributed by atoms with van der Waals surface area (Å²) in [5.41, 5.74) is 1.33. The number of rotatable bonds is 13. The number of ether oxygens (including phenoxy) is 1. The highest BCUT2D eigenvalue weighted by atomic mass is 32.1. The third-order valence-corrected chi connectivity index (χ3v) is 9.87. The van der Waals surface area contributed by atoms with Crippen LogP contribution in [-0.4, -0.2) is 106 Å². The molecule has 1 saturated heterocycles. The summed E-state index contributed by atoms with van der Waals surface area (Å²) in [6, 6.07) is 12.7. The van der Waals surface area contributed by atoms with Crippen molar-refractivity contribution < 1.29 is 42.1 Å². The average Bonchev–Trinajstić information content (AvgIpc) is 3.81. The summed E-state index contributed by atoms with van der Waals surface area (Å²) in [4.78, 5) is 39.5. The van der Waals surface area contributed by atoms with Gasteiger partial charge in [-0.25, -0.2) is 9.97 Å². The molecule has 51 heavy (non-hydrogen) atoms. The Kier molecular flexibility index (Phi) is 11.7. The van der Waals surface area contributed by atoms with Gasteiger partial charge in [0, 0.05) is 54.9 Å². The zero-order valence-electron chi connectivity index (χ0n) is 27.5. The fourth-order valence-corrected chi connectivity index (χ4v) is 7.27. The molecule has 272 valence electrons. The molecule has 0 spiro atoms. The molecule has 6 rings (SSSR count). The number of amides is 2. The number of piperazine rings is 1. The van der Waals surface area contributed by atoms with E-state index in [2.05, 4.69) is 15.3 Å². The number of alkyl halides is 3. The van der Waals surface area contributed by atoms with Crippen molar-refractivity contribution in [3.05, 3.63) is 88.8 Å². The molecule has 0 aliphatic carbocycles. The Morgan fingerprint density at radius 1 is 1.08 bits per heavy atom. The van der Waals surface area contributed by atoms with E-state index in [4.69, 9.17) is 9.15 Å². The summed E-state index contributed by atoms with van der Waals surface area (Å²) in [5.74, 6) is -0.170. The van der Waals surface area contributed by atoms with Crippen molar-refractivity contribution in [2.24, 2.45) is 5.92 Å². The minimum absolute atomic E-state index is 0.00696. The number of nitrogens with zero attached hydrogens (tertiary/aromatic N) is 4. The van der Waals surface area contributed by atoms with Gasteiger partial charge in [-0.2, -0.15) is 13.2 Å². The van der Waals surface area contributed by atoms with Crippen molar-refractivity contribution in [2.75, 3.05) is 39.3 Å². The second-order valence-corrected chi connectivity index (χ2v) is 13.8. The fraction of sp³-hybridized carbons (Fsp3) is 0.429. The molecule has 2 amide bonds. The van der Waals surface area contributed by atoms with E-state index in [1.54, 1.807) is 53.7 Å². The van der Waals surface area contributed by atoms with Gasteiger partial charge in [0.1, 0.15) is 48.9 Å². The van der Waals surface area contributed by atoms with E-state index in [9.17, 15) is 33.0 Å². The molecular formula is C35H39F3N6O6S. The molecule has 0 bridgehead atoms. The first kappa shape index (κ1) is 36.4. The van der Waals surface area contributed by atoms with Gasteiger partial charge in [-0.3, -0.25) is 19.4 Å². The Bertz CT molecular complexity index is 1740. The number of nitrogens with one attached hydrogen (secondary N) is 2. The number of thiophene rings is 1. The van der Waals surface area contributed by atoms with Crippen LogP contribution in [-0.2, 0) is 22.6 Å². The van der Waals surface area contributed by atoms with Crippen LogP contribution in [0.3, 0.4) is 0 Å². The number of carbonyl (C=O) groups excluding carboxylic acids is 2. The maximum absolute atomic E-state index is 13.8. The van der Waals surface area contributed by atoms with Crippen molar-refractivity contribution >= 4 is 23.2 Å². The van der Waals surface area contributed by atoms with Crippen LogP contribution < -0.4 is 15.4 Å². The fourth-order valence-electron chi connectivity index (χ4n) is 6.48. The van der Waals surface area contributed by atoms with Crippen LogP contribution in [0.2, 0.25) is 0 Å². The zero-order valence-corrected chi connectivity index (χ0v) is 28.4. The van der Waals surface area contributed by atoms with Crippen LogP contribution in [0.1, 0.15) is 28.7 Å². The lowest BCUT2D eigenvalue weighted by Crippen LogP contribution is -2.60. The Labute approximate surface area is 296 Å². The number of carbonyl (C=O) groups is 2. The van der Waals surface area contributed by atoms with Gasteiger partial charge in [-0.1, -0.05) is 24.3 Å². The van der Waals surface area contributed by atoms with E-state index in [1.807, 2.05) is 27.7 Å². The zero-order chi connectivity index (χ0) is 36.0. The van der Waals surface area contributed by atoms with Gasteiger partial charge in [0.25, 0.3) is 0 Å². The maximum Gasteiger partial charge on any atom is 0.405 e. The standard InChI is InChI=1S/C35H39F3N6O6S/c36-35(37,38)20-41-34(48)28-18-43(17-25-7-8-30(50-25)23-14-39-21-40-15-23)9-10-44(28)16-24(45)12-22(13-26-4-3-11-51-26)33(47)42-32-27-5-1-2-6-31(27)49-19-29(32)46/h1-8,11,14-15,21-22,24,28-29,32,45-46H,9-10,12-13,16-20H2,(H,41,48)(H,42,47)/t22?,24-,28-,29+,32-/m0/s1. The average molecular weight is 729 g/mol. The number of hydrogen-bond donors (Lipinski definition) is 4. The van der Waals surface area contributed by atoms with Crippen LogP contribution in [0.5, 0.6) is 5.75 Å². The molecule has 1 unspecified atom stereocenters. The number of aromatic nitrogens is 2. The molecule has 5 atom stereocenters. The molecule has 2 aliphatic heterocycles. The second kappa shape index (κ2) is 16.3. The van der Waals surface area contributed by atoms with E-state index >= 15 is 0 Å². The first-order valence-electron chi connectivity index (χ1n) is 16.6. The van der Waals surface area contributed by atoms with E-state index in [0.29, 0.717) is 47.9 Å². The van der Waals surface area contributed by atoms with Gasteiger partial charge in [0.2, 0.25) is 11.8 Å². The second-order valence-electron chi connectivity index (χ2n) is 12.7. The Morgan fingerprint density at radius 2 is 1.88 bits per heavy atom. The summed E-state index contributed by atoms with van der Waals surface area (Å²) < 4.78 is 50.8. The molecule has 5 heterocycles. The number of halogens is 3.